The van der Waals surface area contributed by atoms with Crippen LogP contribution in [0.4, 0.5) is 0 Å². The monoisotopic (exact) mass is 156 g/mol. The molecular formula is C8H12O3. The molecule has 0 aromatic rings. The Morgan fingerprint density at radius 1 is 1.55 bits per heavy atom. The van der Waals surface area contributed by atoms with Gasteiger partial charge in [0.2, 0.25) is 0 Å². The SMILES string of the molecule is CC(=O)CC(=O)C1CCOC1. The van der Waals surface area contributed by atoms with E-state index in [0.717, 1.165) is 6.42 Å². The van der Waals surface area contributed by atoms with E-state index in [4.69, 9.17) is 4.74 Å². The molecule has 62 valence electrons. The fraction of sp³-hybridized carbons (Fsp3) is 0.750. The van der Waals surface area contributed by atoms with Gasteiger partial charge in [0.05, 0.1) is 13.0 Å². The van der Waals surface area contributed by atoms with Crippen LogP contribution in [0.2, 0.25) is 0 Å². The van der Waals surface area contributed by atoms with Gasteiger partial charge in [0.15, 0.2) is 0 Å². The van der Waals surface area contributed by atoms with Gasteiger partial charge in [-0.05, 0) is 13.3 Å². The first-order chi connectivity index (χ1) is 5.20. The van der Waals surface area contributed by atoms with E-state index in [1.54, 1.807) is 0 Å². The minimum Gasteiger partial charge on any atom is -0.381 e. The summed E-state index contributed by atoms with van der Waals surface area (Å²) in [5, 5.41) is 0. The minimum atomic E-state index is -0.0538. The highest BCUT2D eigenvalue weighted by Crippen LogP contribution is 2.14. The number of ether oxygens (including phenoxy) is 1. The van der Waals surface area contributed by atoms with Gasteiger partial charge in [0.1, 0.15) is 11.6 Å². The first-order valence-corrected chi connectivity index (χ1v) is 3.80. The van der Waals surface area contributed by atoms with Crippen LogP contribution < -0.4 is 0 Å². The van der Waals surface area contributed by atoms with E-state index in [1.165, 1.54) is 6.92 Å². The molecule has 3 nitrogen and oxygen atoms in total. The van der Waals surface area contributed by atoms with E-state index in [-0.39, 0.29) is 23.9 Å². The van der Waals surface area contributed by atoms with Gasteiger partial charge in [0.25, 0.3) is 0 Å². The van der Waals surface area contributed by atoms with Crippen LogP contribution in [0.3, 0.4) is 0 Å². The minimum absolute atomic E-state index is 0.0149. The van der Waals surface area contributed by atoms with Crippen molar-refractivity contribution in [3.05, 3.63) is 0 Å². The van der Waals surface area contributed by atoms with Gasteiger partial charge in [-0.1, -0.05) is 0 Å². The summed E-state index contributed by atoms with van der Waals surface area (Å²) in [7, 11) is 0. The zero-order chi connectivity index (χ0) is 8.27. The lowest BCUT2D eigenvalue weighted by Gasteiger charge is -2.02. The van der Waals surface area contributed by atoms with Crippen molar-refractivity contribution in [3.63, 3.8) is 0 Å². The molecular weight excluding hydrogens is 144 g/mol. The van der Waals surface area contributed by atoms with Crippen LogP contribution in [0.1, 0.15) is 19.8 Å². The zero-order valence-electron chi connectivity index (χ0n) is 6.63. The summed E-state index contributed by atoms with van der Waals surface area (Å²) in [6.07, 6.45) is 0.861. The molecule has 1 rings (SSSR count). The van der Waals surface area contributed by atoms with E-state index < -0.39 is 0 Å². The number of rotatable bonds is 3. The number of Topliss-reactive ketones (excluding diaryl/α,β-unsaturated/α-hetero) is 2. The molecule has 0 aliphatic carbocycles. The van der Waals surface area contributed by atoms with Crippen molar-refractivity contribution in [3.8, 4) is 0 Å². The maximum atomic E-state index is 11.2. The van der Waals surface area contributed by atoms with Crippen LogP contribution in [-0.4, -0.2) is 24.8 Å². The van der Waals surface area contributed by atoms with Crippen molar-refractivity contribution >= 4 is 11.6 Å². The molecule has 0 aromatic carbocycles. The van der Waals surface area contributed by atoms with Crippen molar-refractivity contribution < 1.29 is 14.3 Å². The maximum absolute atomic E-state index is 11.2. The van der Waals surface area contributed by atoms with Gasteiger partial charge in [-0.25, -0.2) is 0 Å². The molecule has 11 heavy (non-hydrogen) atoms. The second-order valence-corrected chi connectivity index (χ2v) is 2.91. The van der Waals surface area contributed by atoms with E-state index >= 15 is 0 Å². The highest BCUT2D eigenvalue weighted by atomic mass is 16.5. The van der Waals surface area contributed by atoms with Crippen molar-refractivity contribution in [2.75, 3.05) is 13.2 Å². The Kier molecular flexibility index (Phi) is 2.76. The molecule has 1 atom stereocenters. The summed E-state index contributed by atoms with van der Waals surface area (Å²) < 4.78 is 5.03. The van der Waals surface area contributed by atoms with E-state index in [2.05, 4.69) is 0 Å². The Hall–Kier alpha value is -0.700. The molecule has 1 aliphatic rings. The molecule has 1 aliphatic heterocycles. The van der Waals surface area contributed by atoms with E-state index in [1.807, 2.05) is 0 Å². The van der Waals surface area contributed by atoms with Crippen molar-refractivity contribution in [2.24, 2.45) is 5.92 Å². The highest BCUT2D eigenvalue weighted by Gasteiger charge is 2.23. The van der Waals surface area contributed by atoms with Gasteiger partial charge in [-0.3, -0.25) is 9.59 Å². The van der Waals surface area contributed by atoms with Crippen LogP contribution in [0.15, 0.2) is 0 Å². The average molecular weight is 156 g/mol. The molecule has 1 fully saturated rings. The molecule has 0 aromatic heterocycles. The molecule has 3 heteroatoms. The fourth-order valence-corrected chi connectivity index (χ4v) is 1.18. The smallest absolute Gasteiger partial charge is 0.145 e. The van der Waals surface area contributed by atoms with Crippen LogP contribution in [-0.2, 0) is 14.3 Å². The highest BCUT2D eigenvalue weighted by molar-refractivity contribution is 5.99. The van der Waals surface area contributed by atoms with Gasteiger partial charge in [-0.15, -0.1) is 0 Å². The van der Waals surface area contributed by atoms with Crippen LogP contribution in [0.25, 0.3) is 0 Å². The Bertz CT molecular complexity index is 168. The molecule has 0 spiro atoms. The quantitative estimate of drug-likeness (QED) is 0.561. The molecule has 0 bridgehead atoms. The molecule has 0 saturated carbocycles. The third kappa shape index (κ3) is 2.42. The number of hydrogen-bond acceptors (Lipinski definition) is 3. The first-order valence-electron chi connectivity index (χ1n) is 3.80. The van der Waals surface area contributed by atoms with Gasteiger partial charge < -0.3 is 4.74 Å². The van der Waals surface area contributed by atoms with Gasteiger partial charge in [-0.2, -0.15) is 0 Å². The summed E-state index contributed by atoms with van der Waals surface area (Å²) >= 11 is 0. The topological polar surface area (TPSA) is 43.4 Å². The lowest BCUT2D eigenvalue weighted by Crippen LogP contribution is -2.16. The lowest BCUT2D eigenvalue weighted by atomic mass is 10.00. The second kappa shape index (κ2) is 3.62. The zero-order valence-corrected chi connectivity index (χ0v) is 6.63. The largest absolute Gasteiger partial charge is 0.381 e. The molecule has 0 amide bonds. The number of carbonyl (C=O) groups is 2. The average Bonchev–Trinajstić information content (AvgIpc) is 2.35. The van der Waals surface area contributed by atoms with Crippen molar-refractivity contribution in [1.29, 1.82) is 0 Å². The summed E-state index contributed by atoms with van der Waals surface area (Å²) in [6.45, 7) is 2.61. The van der Waals surface area contributed by atoms with E-state index in [0.29, 0.717) is 13.2 Å². The van der Waals surface area contributed by atoms with Gasteiger partial charge in [0, 0.05) is 12.5 Å². The summed E-state index contributed by atoms with van der Waals surface area (Å²) in [5.74, 6) is -0.0317. The van der Waals surface area contributed by atoms with Gasteiger partial charge >= 0.3 is 0 Å². The van der Waals surface area contributed by atoms with Crippen LogP contribution >= 0.6 is 0 Å². The number of hydrogen-bond donors (Lipinski definition) is 0. The normalized spacial score (nSPS) is 23.5. The predicted molar refractivity (Wildman–Crippen MR) is 39.2 cm³/mol. The molecule has 1 heterocycles. The van der Waals surface area contributed by atoms with Crippen LogP contribution in [0.5, 0.6) is 0 Å². The van der Waals surface area contributed by atoms with Crippen molar-refractivity contribution in [2.45, 2.75) is 19.8 Å². The summed E-state index contributed by atoms with van der Waals surface area (Å²) in [4.78, 5) is 21.7. The summed E-state index contributed by atoms with van der Waals surface area (Å²) in [5.41, 5.74) is 0. The van der Waals surface area contributed by atoms with Crippen LogP contribution in [0, 0.1) is 5.92 Å². The Labute approximate surface area is 65.7 Å². The Morgan fingerprint density at radius 2 is 2.27 bits per heavy atom. The Morgan fingerprint density at radius 3 is 2.73 bits per heavy atom. The molecule has 0 radical (unpaired) electrons. The van der Waals surface area contributed by atoms with Crippen molar-refractivity contribution in [1.82, 2.24) is 0 Å². The van der Waals surface area contributed by atoms with E-state index in [9.17, 15) is 9.59 Å². The number of carbonyl (C=O) groups excluding carboxylic acids is 2. The summed E-state index contributed by atoms with van der Waals surface area (Å²) in [6, 6.07) is 0. The predicted octanol–water partition coefficient (Wildman–Crippen LogP) is 0.571. The third-order valence-corrected chi connectivity index (χ3v) is 1.81. The maximum Gasteiger partial charge on any atom is 0.145 e. The molecule has 0 N–H and O–H groups in total. The number of ketones is 2. The Balaban J connectivity index is 2.34. The fourth-order valence-electron chi connectivity index (χ4n) is 1.18. The third-order valence-electron chi connectivity index (χ3n) is 1.81. The second-order valence-electron chi connectivity index (χ2n) is 2.91. The molecule has 1 saturated heterocycles. The standard InChI is InChI=1S/C8H12O3/c1-6(9)4-8(10)7-2-3-11-5-7/h7H,2-5H2,1H3. The first kappa shape index (κ1) is 8.40. The lowest BCUT2D eigenvalue weighted by molar-refractivity contribution is -0.128. The molecule has 1 unspecified atom stereocenters.